The number of halogens is 1. The maximum Gasteiger partial charge on any atom is 0.306 e. The molecule has 18 heteroatoms. The van der Waals surface area contributed by atoms with E-state index in [4.69, 9.17) is 45.7 Å². The van der Waals surface area contributed by atoms with E-state index in [1.807, 2.05) is 63.2 Å². The van der Waals surface area contributed by atoms with E-state index in [1.165, 1.54) is 12.4 Å². The predicted molar refractivity (Wildman–Crippen MR) is 256 cm³/mol. The van der Waals surface area contributed by atoms with Crippen LogP contribution in [0, 0.1) is 43.4 Å². The van der Waals surface area contributed by atoms with Crippen LogP contribution in [0.4, 0.5) is 0 Å². The van der Waals surface area contributed by atoms with Gasteiger partial charge in [0, 0.05) is 65.7 Å². The first kappa shape index (κ1) is 51.7. The molecule has 0 unspecified atom stereocenters. The van der Waals surface area contributed by atoms with E-state index < -0.39 is 30.6 Å². The van der Waals surface area contributed by atoms with Crippen molar-refractivity contribution in [3.8, 4) is 46.8 Å². The highest BCUT2D eigenvalue weighted by Gasteiger charge is 2.19. The van der Waals surface area contributed by atoms with E-state index >= 15 is 0 Å². The maximum absolute atomic E-state index is 11.1. The molecule has 2 atom stereocenters. The highest BCUT2D eigenvalue weighted by atomic mass is 35.5. The molecule has 6 aromatic rings. The van der Waals surface area contributed by atoms with Crippen molar-refractivity contribution in [2.45, 2.75) is 98.1 Å². The van der Waals surface area contributed by atoms with Gasteiger partial charge in [-0.25, -0.2) is 0 Å². The number of pyridine rings is 4. The van der Waals surface area contributed by atoms with Crippen molar-refractivity contribution in [3.05, 3.63) is 152 Å². The second-order valence-electron chi connectivity index (χ2n) is 16.6. The fourth-order valence-electron chi connectivity index (χ4n) is 7.53. The number of aromatic nitrogens is 4. The van der Waals surface area contributed by atoms with Crippen LogP contribution in [0.1, 0.15) is 86.9 Å². The summed E-state index contributed by atoms with van der Waals surface area (Å²) in [6, 6.07) is 22.9. The number of nitriles is 2. The topological polar surface area (TPSA) is 263 Å². The number of aliphatic carboxylic acids is 2. The second kappa shape index (κ2) is 25.1. The Morgan fingerprint density at radius 3 is 1.73 bits per heavy atom. The van der Waals surface area contributed by atoms with Crippen molar-refractivity contribution in [1.82, 2.24) is 25.3 Å². The molecule has 0 aliphatic rings. The van der Waals surface area contributed by atoms with Gasteiger partial charge in [0.1, 0.15) is 43.6 Å². The number of aryl methyl sites for hydroxylation is 2. The van der Waals surface area contributed by atoms with Gasteiger partial charge in [0.15, 0.2) is 0 Å². The molecule has 2 aromatic carbocycles. The summed E-state index contributed by atoms with van der Waals surface area (Å²) in [6.45, 7) is 6.46. The number of aliphatic hydroxyl groups is 2. The molecule has 4 aromatic heterocycles. The van der Waals surface area contributed by atoms with Gasteiger partial charge in [-0.1, -0.05) is 48.0 Å². The van der Waals surface area contributed by atoms with Gasteiger partial charge >= 0.3 is 11.9 Å². The summed E-state index contributed by atoms with van der Waals surface area (Å²) in [5, 5.41) is 60.3. The molecule has 0 spiro atoms. The van der Waals surface area contributed by atoms with Gasteiger partial charge in [-0.3, -0.25) is 19.6 Å². The van der Waals surface area contributed by atoms with E-state index in [9.17, 15) is 30.3 Å². The van der Waals surface area contributed by atoms with E-state index in [0.717, 1.165) is 44.5 Å². The van der Waals surface area contributed by atoms with Crippen LogP contribution in [0.3, 0.4) is 0 Å². The molecule has 0 bridgehead atoms. The SMILES string of the molecule is Cc1cc(CCC[C@@H](O)CC(=O)O)c(OCc2cncc(C#N)c2)nc1OCc1cccc(-c2cccc(COc3nc(OCc4cncc(C#N)c4)c(CNC[C@@H](O)CC(=O)O)cc3Cl)c2C)c1C. The van der Waals surface area contributed by atoms with Crippen molar-refractivity contribution in [2.24, 2.45) is 0 Å². The number of nitrogens with one attached hydrogen (secondary N) is 1. The van der Waals surface area contributed by atoms with Crippen LogP contribution in [-0.4, -0.2) is 71.1 Å². The third-order valence-electron chi connectivity index (χ3n) is 11.2. The molecule has 0 radical (unpaired) electrons. The third-order valence-corrected chi connectivity index (χ3v) is 11.5. The van der Waals surface area contributed by atoms with E-state index in [2.05, 4.69) is 32.4 Å². The summed E-state index contributed by atoms with van der Waals surface area (Å²) in [6.07, 6.45) is 4.48. The van der Waals surface area contributed by atoms with Crippen molar-refractivity contribution in [3.63, 3.8) is 0 Å². The van der Waals surface area contributed by atoms with Gasteiger partial charge in [-0.05, 0) is 97.7 Å². The number of hydrogen-bond acceptors (Lipinski definition) is 15. The highest BCUT2D eigenvalue weighted by molar-refractivity contribution is 6.31. The first-order chi connectivity index (χ1) is 33.7. The van der Waals surface area contributed by atoms with Gasteiger partial charge < -0.3 is 44.7 Å². The molecule has 0 aliphatic heterocycles. The average molecular weight is 970 g/mol. The molecule has 4 heterocycles. The van der Waals surface area contributed by atoms with Crippen molar-refractivity contribution >= 4 is 23.5 Å². The standard InChI is InChI=1S/C52H52ClN7O10/c1-31-13-38(7-4-10-42(61)17-47(63)64)50(67-27-36-14-34(19-54)21-56-23-36)59-49(31)69-29-39-8-5-11-44(32(39)2)45-12-6-9-40(33(45)3)30-70-52-46(53)16-41(25-58-26-43(62)18-48(65)66)51(60-52)68-28-37-15-35(20-55)22-57-24-37/h5-6,8-9,11-16,21-24,42-43,58,61-62H,4,7,10,17-18,25-30H2,1-3H3,(H,63,64)(H,65,66)/t42-,43+/m1/s1. The summed E-state index contributed by atoms with van der Waals surface area (Å²) in [5.74, 6) is -1.23. The third kappa shape index (κ3) is 14.7. The van der Waals surface area contributed by atoms with Crippen LogP contribution < -0.4 is 24.3 Å². The first-order valence-electron chi connectivity index (χ1n) is 22.3. The molecule has 5 N–H and O–H groups in total. The van der Waals surface area contributed by atoms with Crippen LogP contribution in [0.2, 0.25) is 5.02 Å². The minimum Gasteiger partial charge on any atom is -0.481 e. The molecule has 0 aliphatic carbocycles. The van der Waals surface area contributed by atoms with Crippen molar-refractivity contribution in [1.29, 1.82) is 10.5 Å². The number of ether oxygens (including phenoxy) is 4. The molecule has 6 rings (SSSR count). The summed E-state index contributed by atoms with van der Waals surface area (Å²) in [5.41, 5.74) is 9.80. The van der Waals surface area contributed by atoms with Gasteiger partial charge in [-0.2, -0.15) is 20.5 Å². The summed E-state index contributed by atoms with van der Waals surface area (Å²) in [4.78, 5) is 39.8. The number of carboxylic acid groups (broad SMARTS) is 2. The Morgan fingerprint density at radius 2 is 1.17 bits per heavy atom. The maximum atomic E-state index is 11.1. The van der Waals surface area contributed by atoms with Crippen molar-refractivity contribution < 1.29 is 49.0 Å². The Balaban J connectivity index is 1.18. The van der Waals surface area contributed by atoms with Crippen LogP contribution in [0.5, 0.6) is 23.5 Å². The Labute approximate surface area is 409 Å². The van der Waals surface area contributed by atoms with E-state index in [1.54, 1.807) is 30.6 Å². The van der Waals surface area contributed by atoms with Gasteiger partial charge in [0.25, 0.3) is 0 Å². The zero-order valence-corrected chi connectivity index (χ0v) is 39.6. The van der Waals surface area contributed by atoms with Crippen LogP contribution in [-0.2, 0) is 49.0 Å². The number of hydrogen-bond donors (Lipinski definition) is 5. The minimum absolute atomic E-state index is 0.00302. The number of aliphatic hydroxyl groups excluding tert-OH is 2. The van der Waals surface area contributed by atoms with Gasteiger partial charge in [0.2, 0.25) is 23.5 Å². The Bertz CT molecular complexity index is 2710. The molecule has 70 heavy (non-hydrogen) atoms. The second-order valence-corrected chi connectivity index (χ2v) is 17.0. The molecule has 0 fully saturated rings. The number of benzene rings is 2. The fourth-order valence-corrected chi connectivity index (χ4v) is 7.76. The van der Waals surface area contributed by atoms with Crippen LogP contribution >= 0.6 is 11.6 Å². The summed E-state index contributed by atoms with van der Waals surface area (Å²) in [7, 11) is 0. The lowest BCUT2D eigenvalue weighted by Crippen LogP contribution is -2.28. The minimum atomic E-state index is -1.12. The largest absolute Gasteiger partial charge is 0.481 e. The lowest BCUT2D eigenvalue weighted by atomic mass is 9.92. The Kier molecular flexibility index (Phi) is 18.5. The smallest absolute Gasteiger partial charge is 0.306 e. The summed E-state index contributed by atoms with van der Waals surface area (Å²) < 4.78 is 24.9. The molecular weight excluding hydrogens is 918 g/mol. The van der Waals surface area contributed by atoms with Crippen molar-refractivity contribution in [2.75, 3.05) is 6.54 Å². The number of nitrogens with zero attached hydrogens (tertiary/aromatic N) is 6. The highest BCUT2D eigenvalue weighted by Crippen LogP contribution is 2.34. The molecule has 17 nitrogen and oxygen atoms in total. The molecule has 0 saturated carbocycles. The monoisotopic (exact) mass is 969 g/mol. The van der Waals surface area contributed by atoms with Crippen LogP contribution in [0.25, 0.3) is 11.1 Å². The predicted octanol–water partition coefficient (Wildman–Crippen LogP) is 7.66. The normalized spacial score (nSPS) is 11.8. The molecular formula is C52H52ClN7O10. The fraction of sp³-hybridized carbons (Fsp3) is 0.308. The molecule has 0 saturated heterocycles. The lowest BCUT2D eigenvalue weighted by Gasteiger charge is -2.18. The quantitative estimate of drug-likeness (QED) is 0.0369. The first-order valence-corrected chi connectivity index (χ1v) is 22.7. The lowest BCUT2D eigenvalue weighted by molar-refractivity contribution is -0.140. The van der Waals surface area contributed by atoms with E-state index in [-0.39, 0.29) is 69.1 Å². The van der Waals surface area contributed by atoms with Crippen LogP contribution in [0.15, 0.2) is 85.5 Å². The van der Waals surface area contributed by atoms with Gasteiger partial charge in [0.05, 0.1) is 36.2 Å². The van der Waals surface area contributed by atoms with E-state index in [0.29, 0.717) is 52.4 Å². The number of rotatable bonds is 25. The number of carbonyl (C=O) groups is 2. The summed E-state index contributed by atoms with van der Waals surface area (Å²) >= 11 is 6.73. The Morgan fingerprint density at radius 1 is 0.657 bits per heavy atom. The average Bonchev–Trinajstić information content (AvgIpc) is 3.33. The number of carboxylic acids is 2. The molecule has 0 amide bonds. The Hall–Kier alpha value is -7.67. The zero-order valence-electron chi connectivity index (χ0n) is 38.8. The molecule has 362 valence electrons. The zero-order chi connectivity index (χ0) is 50.2. The van der Waals surface area contributed by atoms with Gasteiger partial charge in [-0.15, -0.1) is 0 Å².